The van der Waals surface area contributed by atoms with Crippen LogP contribution in [0.25, 0.3) is 0 Å². The third-order valence-electron chi connectivity index (χ3n) is 5.57. The van der Waals surface area contributed by atoms with Crippen LogP contribution in [0.5, 0.6) is 0 Å². The van der Waals surface area contributed by atoms with Crippen LogP contribution in [0.2, 0.25) is 0 Å². The Morgan fingerprint density at radius 1 is 1.17 bits per heavy atom. The summed E-state index contributed by atoms with van der Waals surface area (Å²) in [6, 6.07) is 4.26. The lowest BCUT2D eigenvalue weighted by Crippen LogP contribution is -2.42. The molecule has 1 atom stereocenters. The molecular weight excluding hydrogens is 481 g/mol. The lowest BCUT2D eigenvalue weighted by Gasteiger charge is -2.26. The summed E-state index contributed by atoms with van der Waals surface area (Å²) >= 11 is 0. The van der Waals surface area contributed by atoms with Gasteiger partial charge in [-0.2, -0.15) is 0 Å². The summed E-state index contributed by atoms with van der Waals surface area (Å²) < 4.78 is 7.95. The summed E-state index contributed by atoms with van der Waals surface area (Å²) in [4.78, 5) is 7.26. The molecule has 0 spiro atoms. The van der Waals surface area contributed by atoms with E-state index in [0.717, 1.165) is 62.5 Å². The Morgan fingerprint density at radius 3 is 2.76 bits per heavy atom. The molecule has 0 radical (unpaired) electrons. The van der Waals surface area contributed by atoms with E-state index in [9.17, 15) is 0 Å². The topological polar surface area (TPSA) is 83.5 Å². The van der Waals surface area contributed by atoms with Crippen LogP contribution < -0.4 is 10.6 Å². The highest BCUT2D eigenvalue weighted by molar-refractivity contribution is 14.0. The third-order valence-corrected chi connectivity index (χ3v) is 5.57. The fourth-order valence-electron chi connectivity index (χ4n) is 4.11. The van der Waals surface area contributed by atoms with Gasteiger partial charge in [0.2, 0.25) is 0 Å². The van der Waals surface area contributed by atoms with E-state index in [2.05, 4.69) is 43.3 Å². The molecule has 160 valence electrons. The Hall–Kier alpha value is -1.62. The highest BCUT2D eigenvalue weighted by atomic mass is 127. The van der Waals surface area contributed by atoms with Gasteiger partial charge in [-0.1, -0.05) is 0 Å². The second-order valence-electron chi connectivity index (χ2n) is 7.49. The number of rotatable bonds is 7. The average molecular weight is 513 g/mol. The number of nitrogens with one attached hydrogen (secondary N) is 2. The molecule has 0 bridgehead atoms. The van der Waals surface area contributed by atoms with Crippen LogP contribution in [0, 0.1) is 0 Å². The second kappa shape index (κ2) is 11.0. The van der Waals surface area contributed by atoms with Gasteiger partial charge in [0, 0.05) is 26.1 Å². The molecule has 2 aliphatic heterocycles. The first kappa shape index (κ1) is 22.1. The monoisotopic (exact) mass is 513 g/mol. The highest BCUT2D eigenvalue weighted by Crippen LogP contribution is 2.24. The van der Waals surface area contributed by atoms with Gasteiger partial charge < -0.3 is 19.6 Å². The number of hydrogen-bond acceptors (Lipinski definition) is 5. The summed E-state index contributed by atoms with van der Waals surface area (Å²) in [5.41, 5.74) is 0. The van der Waals surface area contributed by atoms with Crippen LogP contribution in [0.3, 0.4) is 0 Å². The molecule has 2 aliphatic rings. The molecule has 2 N–H and O–H groups in total. The molecule has 0 saturated carbocycles. The van der Waals surface area contributed by atoms with Gasteiger partial charge in [-0.05, 0) is 57.8 Å². The van der Waals surface area contributed by atoms with Gasteiger partial charge in [0.25, 0.3) is 0 Å². The van der Waals surface area contributed by atoms with Crippen molar-refractivity contribution in [2.24, 2.45) is 4.99 Å². The number of furan rings is 1. The van der Waals surface area contributed by atoms with Crippen LogP contribution in [0.1, 0.15) is 56.1 Å². The predicted octanol–water partition coefficient (Wildman–Crippen LogP) is 2.72. The normalized spacial score (nSPS) is 18.2. The molecule has 9 heteroatoms. The first-order chi connectivity index (χ1) is 13.8. The van der Waals surface area contributed by atoms with Crippen molar-refractivity contribution in [2.45, 2.75) is 58.2 Å². The van der Waals surface area contributed by atoms with Crippen LogP contribution in [-0.2, 0) is 19.5 Å². The lowest BCUT2D eigenvalue weighted by atomic mass is 10.2. The van der Waals surface area contributed by atoms with Crippen LogP contribution in [0.4, 0.5) is 0 Å². The van der Waals surface area contributed by atoms with E-state index in [-0.39, 0.29) is 30.0 Å². The standard InChI is InChI=1S/C20H31N7O.HI/c1-2-21-20(23-15-19-25-24-18-9-3-4-12-27(18)19)22-14-16(17-8-7-13-28-17)26-10-5-6-11-26;/h7-8,13,16H,2-6,9-12,14-15H2,1H3,(H2,21,22,23);1H. The fraction of sp³-hybridized carbons (Fsp3) is 0.650. The Morgan fingerprint density at radius 2 is 2.00 bits per heavy atom. The molecule has 29 heavy (non-hydrogen) atoms. The third kappa shape index (κ3) is 5.50. The minimum Gasteiger partial charge on any atom is -0.468 e. The summed E-state index contributed by atoms with van der Waals surface area (Å²) in [6.07, 6.45) is 7.69. The smallest absolute Gasteiger partial charge is 0.191 e. The van der Waals surface area contributed by atoms with E-state index >= 15 is 0 Å². The number of aromatic nitrogens is 3. The summed E-state index contributed by atoms with van der Waals surface area (Å²) in [6.45, 7) is 7.44. The van der Waals surface area contributed by atoms with E-state index in [1.807, 2.05) is 6.07 Å². The number of aryl methyl sites for hydroxylation is 1. The van der Waals surface area contributed by atoms with Gasteiger partial charge in [-0.15, -0.1) is 34.2 Å². The van der Waals surface area contributed by atoms with Crippen molar-refractivity contribution in [3.63, 3.8) is 0 Å². The predicted molar refractivity (Wildman–Crippen MR) is 123 cm³/mol. The van der Waals surface area contributed by atoms with Gasteiger partial charge in [0.05, 0.1) is 12.3 Å². The van der Waals surface area contributed by atoms with Crippen LogP contribution in [0.15, 0.2) is 27.8 Å². The fourth-order valence-corrected chi connectivity index (χ4v) is 4.11. The van der Waals surface area contributed by atoms with E-state index in [4.69, 9.17) is 9.41 Å². The molecule has 0 aromatic carbocycles. The Balaban J connectivity index is 0.00000240. The van der Waals surface area contributed by atoms with Crippen molar-refractivity contribution >= 4 is 29.9 Å². The average Bonchev–Trinajstić information content (AvgIpc) is 3.48. The van der Waals surface area contributed by atoms with Crippen LogP contribution in [-0.4, -0.2) is 51.8 Å². The summed E-state index contributed by atoms with van der Waals surface area (Å²) in [7, 11) is 0. The molecule has 4 heterocycles. The maximum atomic E-state index is 5.72. The molecular formula is C20H32IN7O. The first-order valence-electron chi connectivity index (χ1n) is 10.6. The van der Waals surface area contributed by atoms with E-state index in [0.29, 0.717) is 6.54 Å². The second-order valence-corrected chi connectivity index (χ2v) is 7.49. The molecule has 2 aromatic heterocycles. The van der Waals surface area contributed by atoms with Gasteiger partial charge in [0.1, 0.15) is 18.1 Å². The SMILES string of the molecule is CCNC(=NCc1nnc2n1CCCC2)NCC(c1ccco1)N1CCCC1.I. The van der Waals surface area contributed by atoms with Gasteiger partial charge in [-0.3, -0.25) is 4.90 Å². The minimum absolute atomic E-state index is 0. The Labute approximate surface area is 189 Å². The number of halogens is 1. The lowest BCUT2D eigenvalue weighted by molar-refractivity contribution is 0.215. The highest BCUT2D eigenvalue weighted by Gasteiger charge is 2.25. The van der Waals surface area contributed by atoms with Crippen molar-refractivity contribution in [1.82, 2.24) is 30.3 Å². The maximum absolute atomic E-state index is 5.72. The number of aliphatic imine (C=N–C) groups is 1. The molecule has 0 aliphatic carbocycles. The van der Waals surface area contributed by atoms with Crippen molar-refractivity contribution in [1.29, 1.82) is 0 Å². The Bertz CT molecular complexity index is 768. The summed E-state index contributed by atoms with van der Waals surface area (Å²) in [5.74, 6) is 3.87. The zero-order chi connectivity index (χ0) is 19.2. The van der Waals surface area contributed by atoms with E-state index in [1.165, 1.54) is 25.7 Å². The van der Waals surface area contributed by atoms with Gasteiger partial charge >= 0.3 is 0 Å². The molecule has 8 nitrogen and oxygen atoms in total. The van der Waals surface area contributed by atoms with Crippen molar-refractivity contribution < 1.29 is 4.42 Å². The number of guanidine groups is 1. The van der Waals surface area contributed by atoms with Crippen molar-refractivity contribution in [3.05, 3.63) is 35.8 Å². The number of fused-ring (bicyclic) bond motifs is 1. The first-order valence-corrected chi connectivity index (χ1v) is 10.6. The number of likely N-dealkylation sites (tertiary alicyclic amines) is 1. The molecule has 0 amide bonds. The molecule has 4 rings (SSSR count). The zero-order valence-corrected chi connectivity index (χ0v) is 19.5. The Kier molecular flexibility index (Phi) is 8.34. The van der Waals surface area contributed by atoms with Crippen molar-refractivity contribution in [2.75, 3.05) is 26.2 Å². The molecule has 1 fully saturated rings. The quantitative estimate of drug-likeness (QED) is 0.337. The van der Waals surface area contributed by atoms with Gasteiger partial charge in [0.15, 0.2) is 11.8 Å². The van der Waals surface area contributed by atoms with E-state index < -0.39 is 0 Å². The maximum Gasteiger partial charge on any atom is 0.191 e. The summed E-state index contributed by atoms with van der Waals surface area (Å²) in [5, 5.41) is 15.5. The molecule has 2 aromatic rings. The van der Waals surface area contributed by atoms with Crippen LogP contribution >= 0.6 is 24.0 Å². The minimum atomic E-state index is 0. The van der Waals surface area contributed by atoms with E-state index in [1.54, 1.807) is 6.26 Å². The van der Waals surface area contributed by atoms with Gasteiger partial charge in [-0.25, -0.2) is 4.99 Å². The number of nitrogens with zero attached hydrogens (tertiary/aromatic N) is 5. The number of hydrogen-bond donors (Lipinski definition) is 2. The molecule has 1 unspecified atom stereocenters. The largest absolute Gasteiger partial charge is 0.468 e. The van der Waals surface area contributed by atoms with Crippen molar-refractivity contribution in [3.8, 4) is 0 Å². The zero-order valence-electron chi connectivity index (χ0n) is 17.1. The molecule has 1 saturated heterocycles.